The van der Waals surface area contributed by atoms with Gasteiger partial charge in [-0.15, -0.1) is 0 Å². The molecule has 1 aromatic rings. The van der Waals surface area contributed by atoms with Crippen molar-refractivity contribution in [2.75, 3.05) is 13.3 Å². The molecule has 0 spiro atoms. The lowest BCUT2D eigenvalue weighted by Gasteiger charge is -2.05. The predicted octanol–water partition coefficient (Wildman–Crippen LogP) is 0.871. The molecule has 80 valence electrons. The number of rotatable bonds is 2. The third-order valence-corrected chi connectivity index (χ3v) is 2.07. The van der Waals surface area contributed by atoms with Gasteiger partial charge in [0.15, 0.2) is 11.5 Å². The Kier molecular flexibility index (Phi) is 2.37. The second-order valence-electron chi connectivity index (χ2n) is 3.08. The van der Waals surface area contributed by atoms with Gasteiger partial charge in [-0.3, -0.25) is 4.79 Å². The number of amides is 1. The molecular weight excluding hydrogens is 198 g/mol. The summed E-state index contributed by atoms with van der Waals surface area (Å²) in [6.07, 6.45) is 0. The number of hydrogen-bond acceptors (Lipinski definition) is 4. The van der Waals surface area contributed by atoms with Gasteiger partial charge in [0.2, 0.25) is 6.79 Å². The van der Waals surface area contributed by atoms with E-state index in [-0.39, 0.29) is 24.0 Å². The minimum Gasteiger partial charge on any atom is -0.507 e. The molecule has 1 aliphatic rings. The zero-order valence-electron chi connectivity index (χ0n) is 8.24. The second kappa shape index (κ2) is 3.68. The summed E-state index contributed by atoms with van der Waals surface area (Å²) in [6.45, 7) is 2.43. The number of nitrogens with one attached hydrogen (secondary N) is 1. The Bertz CT molecular complexity index is 403. The van der Waals surface area contributed by atoms with Crippen LogP contribution in [0.2, 0.25) is 0 Å². The van der Waals surface area contributed by atoms with Crippen LogP contribution in [0.3, 0.4) is 0 Å². The fourth-order valence-electron chi connectivity index (χ4n) is 1.37. The van der Waals surface area contributed by atoms with Gasteiger partial charge in [-0.1, -0.05) is 0 Å². The van der Waals surface area contributed by atoms with Crippen molar-refractivity contribution in [2.24, 2.45) is 0 Å². The normalized spacial score (nSPS) is 12.6. The van der Waals surface area contributed by atoms with Gasteiger partial charge in [-0.05, 0) is 6.92 Å². The molecule has 0 saturated carbocycles. The Morgan fingerprint density at radius 1 is 1.47 bits per heavy atom. The van der Waals surface area contributed by atoms with Crippen LogP contribution >= 0.6 is 0 Å². The minimum absolute atomic E-state index is 0.106. The number of phenolic OH excluding ortho intramolecular Hbond substituents is 1. The fourth-order valence-corrected chi connectivity index (χ4v) is 1.37. The van der Waals surface area contributed by atoms with E-state index in [1.54, 1.807) is 0 Å². The fraction of sp³-hybridized carbons (Fsp3) is 0.300. The first-order valence-corrected chi connectivity index (χ1v) is 4.63. The van der Waals surface area contributed by atoms with Crippen LogP contribution in [0.25, 0.3) is 0 Å². The summed E-state index contributed by atoms with van der Waals surface area (Å²) in [7, 11) is 0. The number of aromatic hydroxyl groups is 1. The lowest BCUT2D eigenvalue weighted by molar-refractivity contribution is 0.0952. The maximum atomic E-state index is 11.5. The molecule has 2 rings (SSSR count). The third-order valence-electron chi connectivity index (χ3n) is 2.07. The topological polar surface area (TPSA) is 67.8 Å². The predicted molar refractivity (Wildman–Crippen MR) is 52.2 cm³/mol. The quantitative estimate of drug-likeness (QED) is 0.758. The summed E-state index contributed by atoms with van der Waals surface area (Å²) in [4.78, 5) is 11.5. The van der Waals surface area contributed by atoms with Gasteiger partial charge in [0, 0.05) is 18.7 Å². The molecule has 0 bridgehead atoms. The highest BCUT2D eigenvalue weighted by atomic mass is 16.7. The van der Waals surface area contributed by atoms with Gasteiger partial charge in [-0.2, -0.15) is 0 Å². The minimum atomic E-state index is -0.326. The average molecular weight is 209 g/mol. The van der Waals surface area contributed by atoms with Crippen LogP contribution in [-0.2, 0) is 0 Å². The molecule has 1 amide bonds. The number of hydrogen-bond donors (Lipinski definition) is 2. The molecule has 0 aliphatic carbocycles. The second-order valence-corrected chi connectivity index (χ2v) is 3.08. The number of ether oxygens (including phenoxy) is 2. The monoisotopic (exact) mass is 209 g/mol. The van der Waals surface area contributed by atoms with E-state index in [0.717, 1.165) is 0 Å². The van der Waals surface area contributed by atoms with E-state index in [9.17, 15) is 9.90 Å². The van der Waals surface area contributed by atoms with Crippen LogP contribution < -0.4 is 14.8 Å². The Balaban J connectivity index is 2.36. The van der Waals surface area contributed by atoms with E-state index >= 15 is 0 Å². The van der Waals surface area contributed by atoms with Crippen LogP contribution in [-0.4, -0.2) is 24.4 Å². The van der Waals surface area contributed by atoms with Crippen LogP contribution in [0.15, 0.2) is 12.1 Å². The molecule has 0 fully saturated rings. The zero-order chi connectivity index (χ0) is 10.8. The molecule has 1 aliphatic heterocycles. The highest BCUT2D eigenvalue weighted by molar-refractivity contribution is 5.97. The maximum absolute atomic E-state index is 11.5. The zero-order valence-corrected chi connectivity index (χ0v) is 8.24. The highest BCUT2D eigenvalue weighted by Gasteiger charge is 2.20. The average Bonchev–Trinajstić information content (AvgIpc) is 2.63. The van der Waals surface area contributed by atoms with E-state index in [1.807, 2.05) is 6.92 Å². The molecular formula is C10H11NO4. The summed E-state index contributed by atoms with van der Waals surface area (Å²) in [5.74, 6) is 0.508. The first-order valence-electron chi connectivity index (χ1n) is 4.63. The summed E-state index contributed by atoms with van der Waals surface area (Å²) < 4.78 is 10.2. The molecule has 0 aromatic heterocycles. The first-order chi connectivity index (χ1) is 7.22. The molecule has 0 radical (unpaired) electrons. The highest BCUT2D eigenvalue weighted by Crippen LogP contribution is 2.37. The number of fused-ring (bicyclic) bond motifs is 1. The summed E-state index contributed by atoms with van der Waals surface area (Å²) >= 11 is 0. The Hall–Kier alpha value is -1.91. The van der Waals surface area contributed by atoms with Crippen LogP contribution in [0, 0.1) is 0 Å². The van der Waals surface area contributed by atoms with Crippen molar-refractivity contribution < 1.29 is 19.4 Å². The van der Waals surface area contributed by atoms with E-state index in [1.165, 1.54) is 12.1 Å². The van der Waals surface area contributed by atoms with E-state index in [4.69, 9.17) is 9.47 Å². The van der Waals surface area contributed by atoms with E-state index in [0.29, 0.717) is 18.0 Å². The van der Waals surface area contributed by atoms with Crippen LogP contribution in [0.4, 0.5) is 0 Å². The van der Waals surface area contributed by atoms with Gasteiger partial charge in [0.25, 0.3) is 5.91 Å². The van der Waals surface area contributed by atoms with Crippen molar-refractivity contribution in [1.82, 2.24) is 5.32 Å². The van der Waals surface area contributed by atoms with Crippen molar-refractivity contribution in [3.63, 3.8) is 0 Å². The van der Waals surface area contributed by atoms with Crippen LogP contribution in [0.1, 0.15) is 17.3 Å². The van der Waals surface area contributed by atoms with Crippen molar-refractivity contribution >= 4 is 5.91 Å². The summed E-state index contributed by atoms with van der Waals surface area (Å²) in [5.41, 5.74) is 0.195. The molecule has 5 heteroatoms. The molecule has 15 heavy (non-hydrogen) atoms. The van der Waals surface area contributed by atoms with E-state index < -0.39 is 0 Å². The van der Waals surface area contributed by atoms with Gasteiger partial charge in [0.1, 0.15) is 5.75 Å². The molecule has 5 nitrogen and oxygen atoms in total. The van der Waals surface area contributed by atoms with Crippen molar-refractivity contribution in [2.45, 2.75) is 6.92 Å². The number of carbonyl (C=O) groups is 1. The van der Waals surface area contributed by atoms with Gasteiger partial charge >= 0.3 is 0 Å². The lowest BCUT2D eigenvalue weighted by Crippen LogP contribution is -2.22. The summed E-state index contributed by atoms with van der Waals surface area (Å²) in [5, 5.41) is 12.2. The van der Waals surface area contributed by atoms with Crippen molar-refractivity contribution in [3.05, 3.63) is 17.7 Å². The molecule has 0 atom stereocenters. The van der Waals surface area contributed by atoms with Crippen LogP contribution in [0.5, 0.6) is 17.2 Å². The SMILES string of the molecule is CCNC(=O)c1cc2c(cc1O)OCO2. The number of benzene rings is 1. The smallest absolute Gasteiger partial charge is 0.255 e. The van der Waals surface area contributed by atoms with Gasteiger partial charge in [0.05, 0.1) is 5.56 Å². The molecule has 1 aromatic carbocycles. The lowest BCUT2D eigenvalue weighted by atomic mass is 10.1. The number of phenols is 1. The Morgan fingerprint density at radius 3 is 2.80 bits per heavy atom. The standard InChI is InChI=1S/C10H11NO4/c1-2-11-10(13)6-3-8-9(4-7(6)12)15-5-14-8/h3-4,12H,2,5H2,1H3,(H,11,13). The summed E-state index contributed by atoms with van der Waals surface area (Å²) in [6, 6.07) is 2.86. The first kappa shape index (κ1) is 9.64. The third kappa shape index (κ3) is 1.68. The van der Waals surface area contributed by atoms with E-state index in [2.05, 4.69) is 5.32 Å². The maximum Gasteiger partial charge on any atom is 0.255 e. The number of carbonyl (C=O) groups excluding carboxylic acids is 1. The van der Waals surface area contributed by atoms with Gasteiger partial charge < -0.3 is 19.9 Å². The van der Waals surface area contributed by atoms with Gasteiger partial charge in [-0.25, -0.2) is 0 Å². The Morgan fingerprint density at radius 2 is 2.13 bits per heavy atom. The Labute approximate surface area is 86.6 Å². The van der Waals surface area contributed by atoms with Crippen molar-refractivity contribution in [3.8, 4) is 17.2 Å². The molecule has 1 heterocycles. The molecule has 0 saturated heterocycles. The molecule has 0 unspecified atom stereocenters. The van der Waals surface area contributed by atoms with Crippen molar-refractivity contribution in [1.29, 1.82) is 0 Å². The largest absolute Gasteiger partial charge is 0.507 e. The molecule has 2 N–H and O–H groups in total.